The maximum atomic E-state index is 11.5. The molecule has 7 nitrogen and oxygen atoms in total. The van der Waals surface area contributed by atoms with Crippen molar-refractivity contribution in [3.8, 4) is 11.3 Å². The Morgan fingerprint density at radius 2 is 1.70 bits per heavy atom. The second kappa shape index (κ2) is 8.51. The minimum absolute atomic E-state index is 0.0820. The third-order valence-electron chi connectivity index (χ3n) is 5.15. The molecule has 156 valence electrons. The van der Waals surface area contributed by atoms with Crippen molar-refractivity contribution in [2.24, 2.45) is 5.14 Å². The van der Waals surface area contributed by atoms with E-state index in [0.717, 1.165) is 48.7 Å². The van der Waals surface area contributed by atoms with Crippen LogP contribution < -0.4 is 10.0 Å². The van der Waals surface area contributed by atoms with Gasteiger partial charge in [-0.25, -0.2) is 23.5 Å². The van der Waals surface area contributed by atoms with E-state index in [-0.39, 0.29) is 4.90 Å². The Labute approximate surface area is 176 Å². The smallest absolute Gasteiger partial charge is 0.238 e. The Morgan fingerprint density at radius 3 is 2.33 bits per heavy atom. The number of hydrogen-bond acceptors (Lipinski definition) is 6. The van der Waals surface area contributed by atoms with Crippen LogP contribution in [0.2, 0.25) is 0 Å². The monoisotopic (exact) mass is 424 g/mol. The van der Waals surface area contributed by atoms with Crippen LogP contribution in [0.5, 0.6) is 0 Å². The molecular formula is C22H24N4O3S. The summed E-state index contributed by atoms with van der Waals surface area (Å²) in [6.07, 6.45) is 2.42. The first-order valence-electron chi connectivity index (χ1n) is 9.77. The highest BCUT2D eigenvalue weighted by Crippen LogP contribution is 2.23. The van der Waals surface area contributed by atoms with Crippen molar-refractivity contribution in [1.82, 2.24) is 9.97 Å². The van der Waals surface area contributed by atoms with E-state index in [1.807, 2.05) is 6.92 Å². The van der Waals surface area contributed by atoms with Gasteiger partial charge < -0.3 is 9.64 Å². The van der Waals surface area contributed by atoms with Crippen molar-refractivity contribution in [2.45, 2.75) is 18.2 Å². The number of ether oxygens (including phenoxy) is 1. The van der Waals surface area contributed by atoms with Gasteiger partial charge in [-0.1, -0.05) is 24.3 Å². The average Bonchev–Trinajstić information content (AvgIpc) is 2.76. The number of nitrogens with two attached hydrogens (primary N) is 1. The van der Waals surface area contributed by atoms with E-state index in [0.29, 0.717) is 12.2 Å². The molecule has 1 aliphatic rings. The third kappa shape index (κ3) is 4.67. The molecule has 3 aromatic rings. The molecule has 2 heterocycles. The van der Waals surface area contributed by atoms with Crippen molar-refractivity contribution in [2.75, 3.05) is 31.2 Å². The van der Waals surface area contributed by atoms with Crippen LogP contribution >= 0.6 is 0 Å². The van der Waals surface area contributed by atoms with Gasteiger partial charge in [0, 0.05) is 37.0 Å². The number of sulfonamides is 1. The molecular weight excluding hydrogens is 400 g/mol. The fourth-order valence-electron chi connectivity index (χ4n) is 3.49. The summed E-state index contributed by atoms with van der Waals surface area (Å²) in [7, 11) is -3.72. The molecule has 0 saturated carbocycles. The lowest BCUT2D eigenvalue weighted by Crippen LogP contribution is -2.36. The summed E-state index contributed by atoms with van der Waals surface area (Å²) in [5.74, 6) is 0.713. The first kappa shape index (κ1) is 20.5. The zero-order valence-corrected chi connectivity index (χ0v) is 17.6. The molecule has 0 radical (unpaired) electrons. The first-order valence-corrected chi connectivity index (χ1v) is 11.3. The minimum atomic E-state index is -3.72. The number of primary sulfonamides is 1. The van der Waals surface area contributed by atoms with Gasteiger partial charge in [-0.05, 0) is 42.3 Å². The van der Waals surface area contributed by atoms with E-state index >= 15 is 0 Å². The molecule has 0 atom stereocenters. The summed E-state index contributed by atoms with van der Waals surface area (Å²) in [6, 6.07) is 14.9. The molecule has 1 fully saturated rings. The topological polar surface area (TPSA) is 98.4 Å². The predicted octanol–water partition coefficient (Wildman–Crippen LogP) is 2.53. The number of morpholine rings is 1. The van der Waals surface area contributed by atoms with E-state index in [4.69, 9.17) is 14.9 Å². The van der Waals surface area contributed by atoms with E-state index in [1.54, 1.807) is 18.3 Å². The van der Waals surface area contributed by atoms with E-state index < -0.39 is 10.0 Å². The van der Waals surface area contributed by atoms with Crippen LogP contribution in [0.1, 0.15) is 17.0 Å². The molecule has 0 aliphatic carbocycles. The van der Waals surface area contributed by atoms with Gasteiger partial charge >= 0.3 is 0 Å². The first-order chi connectivity index (χ1) is 14.4. The highest BCUT2D eigenvalue weighted by atomic mass is 32.2. The SMILES string of the molecule is Cc1cnc(Cc2ccc(N3CCOCC3)cc2)nc1-c1ccc(S(N)(=O)=O)cc1. The lowest BCUT2D eigenvalue weighted by Gasteiger charge is -2.28. The van der Waals surface area contributed by atoms with Gasteiger partial charge in [0.1, 0.15) is 5.82 Å². The van der Waals surface area contributed by atoms with Crippen LogP contribution in [0.15, 0.2) is 59.6 Å². The van der Waals surface area contributed by atoms with Gasteiger partial charge in [0.05, 0.1) is 23.8 Å². The minimum Gasteiger partial charge on any atom is -0.378 e. The number of rotatable bonds is 5. The number of anilines is 1. The lowest BCUT2D eigenvalue weighted by molar-refractivity contribution is 0.122. The molecule has 0 spiro atoms. The number of hydrogen-bond donors (Lipinski definition) is 1. The van der Waals surface area contributed by atoms with Crippen LogP contribution in [0.4, 0.5) is 5.69 Å². The van der Waals surface area contributed by atoms with Crippen LogP contribution in [0.3, 0.4) is 0 Å². The van der Waals surface area contributed by atoms with E-state index in [9.17, 15) is 8.42 Å². The molecule has 1 saturated heterocycles. The molecule has 0 bridgehead atoms. The summed E-state index contributed by atoms with van der Waals surface area (Å²) in [5, 5.41) is 5.18. The van der Waals surface area contributed by atoms with Crippen molar-refractivity contribution in [3.05, 3.63) is 71.7 Å². The van der Waals surface area contributed by atoms with Crippen molar-refractivity contribution >= 4 is 15.7 Å². The van der Waals surface area contributed by atoms with Gasteiger partial charge in [0.25, 0.3) is 0 Å². The Hall–Kier alpha value is -2.81. The molecule has 1 aliphatic heterocycles. The molecule has 1 aromatic heterocycles. The van der Waals surface area contributed by atoms with Crippen LogP contribution in [0, 0.1) is 6.92 Å². The summed E-state index contributed by atoms with van der Waals surface area (Å²) >= 11 is 0. The Kier molecular flexibility index (Phi) is 5.80. The molecule has 2 aromatic carbocycles. The molecule has 4 rings (SSSR count). The van der Waals surface area contributed by atoms with Gasteiger partial charge in [0.15, 0.2) is 0 Å². The Bertz CT molecular complexity index is 1120. The highest BCUT2D eigenvalue weighted by Gasteiger charge is 2.13. The summed E-state index contributed by atoms with van der Waals surface area (Å²) in [5.41, 5.74) is 4.86. The average molecular weight is 425 g/mol. The fourth-order valence-corrected chi connectivity index (χ4v) is 4.00. The largest absolute Gasteiger partial charge is 0.378 e. The van der Waals surface area contributed by atoms with Crippen molar-refractivity contribution < 1.29 is 13.2 Å². The molecule has 2 N–H and O–H groups in total. The Balaban J connectivity index is 1.53. The third-order valence-corrected chi connectivity index (χ3v) is 6.08. The van der Waals surface area contributed by atoms with Gasteiger partial charge in [-0.2, -0.15) is 0 Å². The van der Waals surface area contributed by atoms with Crippen molar-refractivity contribution in [1.29, 1.82) is 0 Å². The van der Waals surface area contributed by atoms with E-state index in [1.165, 1.54) is 17.8 Å². The Morgan fingerprint density at radius 1 is 1.03 bits per heavy atom. The predicted molar refractivity (Wildman–Crippen MR) is 116 cm³/mol. The van der Waals surface area contributed by atoms with Crippen molar-refractivity contribution in [3.63, 3.8) is 0 Å². The highest BCUT2D eigenvalue weighted by molar-refractivity contribution is 7.89. The number of aromatic nitrogens is 2. The van der Waals surface area contributed by atoms with Gasteiger partial charge in [-0.15, -0.1) is 0 Å². The van der Waals surface area contributed by atoms with Crippen LogP contribution in [0.25, 0.3) is 11.3 Å². The zero-order chi connectivity index (χ0) is 21.1. The second-order valence-electron chi connectivity index (χ2n) is 7.33. The quantitative estimate of drug-likeness (QED) is 0.676. The van der Waals surface area contributed by atoms with Gasteiger partial charge in [-0.3, -0.25) is 0 Å². The second-order valence-corrected chi connectivity index (χ2v) is 8.89. The summed E-state index contributed by atoms with van der Waals surface area (Å²) in [4.78, 5) is 11.6. The standard InChI is InChI=1S/C22H24N4O3S/c1-16-15-24-21(25-22(16)18-4-8-20(9-5-18)30(23,27)28)14-17-2-6-19(7-3-17)26-10-12-29-13-11-26/h2-9,15H,10-14H2,1H3,(H2,23,27,28). The normalized spacial score (nSPS) is 14.7. The fraction of sp³-hybridized carbons (Fsp3) is 0.273. The summed E-state index contributed by atoms with van der Waals surface area (Å²) < 4.78 is 28.4. The molecule has 8 heteroatoms. The van der Waals surface area contributed by atoms with Crippen LogP contribution in [-0.2, 0) is 21.2 Å². The number of benzene rings is 2. The van der Waals surface area contributed by atoms with Crippen LogP contribution in [-0.4, -0.2) is 44.7 Å². The molecule has 0 amide bonds. The van der Waals surface area contributed by atoms with E-state index in [2.05, 4.69) is 34.1 Å². The zero-order valence-electron chi connectivity index (χ0n) is 16.8. The molecule has 0 unspecified atom stereocenters. The number of nitrogens with zero attached hydrogens (tertiary/aromatic N) is 3. The maximum absolute atomic E-state index is 11.5. The molecule has 30 heavy (non-hydrogen) atoms. The van der Waals surface area contributed by atoms with Gasteiger partial charge in [0.2, 0.25) is 10.0 Å². The lowest BCUT2D eigenvalue weighted by atomic mass is 10.1. The summed E-state index contributed by atoms with van der Waals surface area (Å²) in [6.45, 7) is 5.28. The maximum Gasteiger partial charge on any atom is 0.238 e. The number of aryl methyl sites for hydroxylation is 1.